The number of carbonyl (C=O) groups excluding carboxylic acids is 1. The van der Waals surface area contributed by atoms with E-state index in [9.17, 15) is 19.1 Å². The quantitative estimate of drug-likeness (QED) is 0.863. The van der Waals surface area contributed by atoms with Crippen LogP contribution < -0.4 is 10.9 Å². The van der Waals surface area contributed by atoms with Crippen LogP contribution in [-0.2, 0) is 13.1 Å². The summed E-state index contributed by atoms with van der Waals surface area (Å²) >= 11 is 0. The summed E-state index contributed by atoms with van der Waals surface area (Å²) < 4.78 is 14.3. The highest BCUT2D eigenvalue weighted by molar-refractivity contribution is 5.94. The lowest BCUT2D eigenvalue weighted by Crippen LogP contribution is -2.30. The molecule has 0 aliphatic carbocycles. The SMILES string of the molecule is CN(C)C1CCn2c1nc(C(=O)NCc1ccc(F)cc1)c(O)c2=O. The molecule has 0 spiro atoms. The van der Waals surface area contributed by atoms with Crippen LogP contribution in [0.2, 0.25) is 0 Å². The normalized spacial score (nSPS) is 16.1. The minimum absolute atomic E-state index is 0.0862. The molecular formula is C17H19FN4O3. The number of hydrogen-bond donors (Lipinski definition) is 2. The molecule has 2 aromatic rings. The summed E-state index contributed by atoms with van der Waals surface area (Å²) in [6.07, 6.45) is 0.690. The molecule has 0 saturated carbocycles. The fourth-order valence-corrected chi connectivity index (χ4v) is 2.93. The van der Waals surface area contributed by atoms with Gasteiger partial charge in [-0.05, 0) is 38.2 Å². The zero-order valence-corrected chi connectivity index (χ0v) is 14.0. The van der Waals surface area contributed by atoms with E-state index in [4.69, 9.17) is 0 Å². The van der Waals surface area contributed by atoms with Crippen molar-refractivity contribution in [1.82, 2.24) is 19.8 Å². The summed E-state index contributed by atoms with van der Waals surface area (Å²) in [4.78, 5) is 30.8. The van der Waals surface area contributed by atoms with Gasteiger partial charge in [0.25, 0.3) is 11.5 Å². The molecule has 8 heteroatoms. The molecule has 0 radical (unpaired) electrons. The Morgan fingerprint density at radius 1 is 1.40 bits per heavy atom. The second kappa shape index (κ2) is 6.64. The number of nitrogens with one attached hydrogen (secondary N) is 1. The van der Waals surface area contributed by atoms with Crippen LogP contribution in [0.5, 0.6) is 5.75 Å². The highest BCUT2D eigenvalue weighted by atomic mass is 19.1. The summed E-state index contributed by atoms with van der Waals surface area (Å²) in [5, 5.41) is 12.7. The largest absolute Gasteiger partial charge is 0.501 e. The number of carbonyl (C=O) groups is 1. The fourth-order valence-electron chi connectivity index (χ4n) is 2.93. The minimum atomic E-state index is -0.653. The van der Waals surface area contributed by atoms with E-state index in [1.54, 1.807) is 12.1 Å². The number of aromatic nitrogens is 2. The number of benzene rings is 1. The maximum Gasteiger partial charge on any atom is 0.296 e. The Hall–Kier alpha value is -2.74. The van der Waals surface area contributed by atoms with Crippen LogP contribution in [0.3, 0.4) is 0 Å². The van der Waals surface area contributed by atoms with E-state index >= 15 is 0 Å². The lowest BCUT2D eigenvalue weighted by Gasteiger charge is -2.18. The smallest absolute Gasteiger partial charge is 0.296 e. The van der Waals surface area contributed by atoms with Crippen molar-refractivity contribution in [3.63, 3.8) is 0 Å². The maximum atomic E-state index is 12.9. The molecule has 1 unspecified atom stereocenters. The number of amides is 1. The van der Waals surface area contributed by atoms with E-state index in [1.165, 1.54) is 16.7 Å². The molecule has 7 nitrogen and oxygen atoms in total. The van der Waals surface area contributed by atoms with Crippen LogP contribution in [0.15, 0.2) is 29.1 Å². The second-order valence-corrected chi connectivity index (χ2v) is 6.20. The van der Waals surface area contributed by atoms with Crippen molar-refractivity contribution in [3.8, 4) is 5.75 Å². The highest BCUT2D eigenvalue weighted by Crippen LogP contribution is 2.28. The van der Waals surface area contributed by atoms with Gasteiger partial charge in [-0.3, -0.25) is 19.1 Å². The summed E-state index contributed by atoms with van der Waals surface area (Å²) in [5.74, 6) is -1.19. The number of halogens is 1. The monoisotopic (exact) mass is 346 g/mol. The van der Waals surface area contributed by atoms with Crippen LogP contribution in [0, 0.1) is 5.82 Å². The van der Waals surface area contributed by atoms with Crippen molar-refractivity contribution in [3.05, 3.63) is 57.5 Å². The maximum absolute atomic E-state index is 12.9. The first-order chi connectivity index (χ1) is 11.9. The summed E-state index contributed by atoms with van der Waals surface area (Å²) in [6.45, 7) is 0.588. The molecule has 2 heterocycles. The molecule has 1 aromatic heterocycles. The Bertz CT molecular complexity index is 861. The highest BCUT2D eigenvalue weighted by Gasteiger charge is 2.31. The standard InChI is InChI=1S/C17H19FN4O3/c1-21(2)12-7-8-22-15(12)20-13(14(23)17(22)25)16(24)19-9-10-3-5-11(18)6-4-10/h3-6,12,23H,7-9H2,1-2H3,(H,19,24). The van der Waals surface area contributed by atoms with E-state index in [-0.39, 0.29) is 24.1 Å². The van der Waals surface area contributed by atoms with Crippen molar-refractivity contribution in [2.24, 2.45) is 0 Å². The summed E-state index contributed by atoms with van der Waals surface area (Å²) in [7, 11) is 3.74. The summed E-state index contributed by atoms with van der Waals surface area (Å²) in [6, 6.07) is 5.59. The van der Waals surface area contributed by atoms with Gasteiger partial charge in [-0.2, -0.15) is 0 Å². The lowest BCUT2D eigenvalue weighted by atomic mass is 10.2. The molecule has 1 amide bonds. The van der Waals surface area contributed by atoms with Gasteiger partial charge in [0.15, 0.2) is 5.69 Å². The van der Waals surface area contributed by atoms with Crippen molar-refractivity contribution in [1.29, 1.82) is 0 Å². The van der Waals surface area contributed by atoms with Crippen molar-refractivity contribution in [2.45, 2.75) is 25.6 Å². The number of rotatable bonds is 4. The molecule has 1 aromatic carbocycles. The van der Waals surface area contributed by atoms with Gasteiger partial charge in [0, 0.05) is 13.1 Å². The van der Waals surface area contributed by atoms with Crippen LogP contribution in [0.1, 0.15) is 34.3 Å². The van der Waals surface area contributed by atoms with E-state index in [0.717, 1.165) is 0 Å². The molecule has 0 fully saturated rings. The van der Waals surface area contributed by atoms with Crippen molar-refractivity contribution >= 4 is 5.91 Å². The third-order valence-corrected chi connectivity index (χ3v) is 4.30. The topological polar surface area (TPSA) is 87.5 Å². The first kappa shape index (κ1) is 17.1. The number of nitrogens with zero attached hydrogens (tertiary/aromatic N) is 3. The van der Waals surface area contributed by atoms with Crippen LogP contribution in [-0.4, -0.2) is 39.6 Å². The lowest BCUT2D eigenvalue weighted by molar-refractivity contribution is 0.0941. The molecule has 132 valence electrons. The predicted octanol–water partition coefficient (Wildman–Crippen LogP) is 1.02. The average molecular weight is 346 g/mol. The minimum Gasteiger partial charge on any atom is -0.501 e. The summed E-state index contributed by atoms with van der Waals surface area (Å²) in [5.41, 5.74) is -0.202. The Kier molecular flexibility index (Phi) is 4.54. The third kappa shape index (κ3) is 3.25. The Labute approximate surface area is 143 Å². The van der Waals surface area contributed by atoms with E-state index in [1.807, 2.05) is 19.0 Å². The van der Waals surface area contributed by atoms with Gasteiger partial charge < -0.3 is 10.4 Å². The molecule has 1 aliphatic heterocycles. The van der Waals surface area contributed by atoms with E-state index < -0.39 is 17.2 Å². The molecule has 1 aliphatic rings. The van der Waals surface area contributed by atoms with E-state index in [0.29, 0.717) is 24.4 Å². The number of hydrogen-bond acceptors (Lipinski definition) is 5. The average Bonchev–Trinajstić information content (AvgIpc) is 3.01. The van der Waals surface area contributed by atoms with Crippen LogP contribution in [0.4, 0.5) is 4.39 Å². The fraction of sp³-hybridized carbons (Fsp3) is 0.353. The molecule has 25 heavy (non-hydrogen) atoms. The van der Waals surface area contributed by atoms with Gasteiger partial charge in [0.2, 0.25) is 5.75 Å². The van der Waals surface area contributed by atoms with Crippen LogP contribution in [0.25, 0.3) is 0 Å². The van der Waals surface area contributed by atoms with Gasteiger partial charge in [0.1, 0.15) is 11.6 Å². The first-order valence-corrected chi connectivity index (χ1v) is 7.91. The van der Waals surface area contributed by atoms with Crippen LogP contribution >= 0.6 is 0 Å². The van der Waals surface area contributed by atoms with Gasteiger partial charge >= 0.3 is 0 Å². The first-order valence-electron chi connectivity index (χ1n) is 7.91. The molecule has 0 saturated heterocycles. The number of aromatic hydroxyl groups is 1. The van der Waals surface area contributed by atoms with Gasteiger partial charge in [-0.1, -0.05) is 12.1 Å². The Morgan fingerprint density at radius 3 is 2.72 bits per heavy atom. The van der Waals surface area contributed by atoms with Gasteiger partial charge in [-0.25, -0.2) is 9.37 Å². The molecule has 1 atom stereocenters. The molecule has 3 rings (SSSR count). The zero-order chi connectivity index (χ0) is 18.1. The van der Waals surface area contributed by atoms with Crippen molar-refractivity contribution < 1.29 is 14.3 Å². The Morgan fingerprint density at radius 2 is 2.08 bits per heavy atom. The Balaban J connectivity index is 1.85. The second-order valence-electron chi connectivity index (χ2n) is 6.20. The van der Waals surface area contributed by atoms with E-state index in [2.05, 4.69) is 10.3 Å². The van der Waals surface area contributed by atoms with Crippen molar-refractivity contribution in [2.75, 3.05) is 14.1 Å². The zero-order valence-electron chi connectivity index (χ0n) is 14.0. The molecule has 2 N–H and O–H groups in total. The third-order valence-electron chi connectivity index (χ3n) is 4.30. The molecular weight excluding hydrogens is 327 g/mol. The molecule has 0 bridgehead atoms. The van der Waals surface area contributed by atoms with Gasteiger partial charge in [-0.15, -0.1) is 0 Å². The predicted molar refractivity (Wildman–Crippen MR) is 88.8 cm³/mol. The number of fused-ring (bicyclic) bond motifs is 1. The van der Waals surface area contributed by atoms with Gasteiger partial charge in [0.05, 0.1) is 6.04 Å².